The zero-order valence-corrected chi connectivity index (χ0v) is 14.6. The third-order valence-corrected chi connectivity index (χ3v) is 6.58. The summed E-state index contributed by atoms with van der Waals surface area (Å²) in [5, 5.41) is 2.04. The number of benzene rings is 1. The molecule has 2 aromatic heterocycles. The predicted molar refractivity (Wildman–Crippen MR) is 97.6 cm³/mol. The molecule has 2 unspecified atom stereocenters. The molecule has 0 amide bonds. The van der Waals surface area contributed by atoms with Crippen LogP contribution in [0.3, 0.4) is 0 Å². The van der Waals surface area contributed by atoms with Crippen molar-refractivity contribution in [2.75, 3.05) is 7.05 Å². The van der Waals surface area contributed by atoms with Gasteiger partial charge in [-0.3, -0.25) is 0 Å². The summed E-state index contributed by atoms with van der Waals surface area (Å²) in [5.41, 5.74) is 2.37. The van der Waals surface area contributed by atoms with E-state index in [1.54, 1.807) is 11.3 Å². The fourth-order valence-corrected chi connectivity index (χ4v) is 5.08. The van der Waals surface area contributed by atoms with Gasteiger partial charge in [0, 0.05) is 30.0 Å². The molecule has 4 nitrogen and oxygen atoms in total. The highest BCUT2D eigenvalue weighted by molar-refractivity contribution is 7.16. The predicted octanol–water partition coefficient (Wildman–Crippen LogP) is 4.30. The fraction of sp³-hybridized carbons (Fsp3) is 0.421. The van der Waals surface area contributed by atoms with E-state index in [2.05, 4.69) is 46.2 Å². The summed E-state index contributed by atoms with van der Waals surface area (Å²) in [6.07, 6.45) is 9.15. The molecular formula is C19H21N3OS. The molecule has 1 N–H and O–H groups in total. The van der Waals surface area contributed by atoms with E-state index in [0.29, 0.717) is 18.2 Å². The van der Waals surface area contributed by atoms with Crippen LogP contribution in [0.2, 0.25) is 0 Å². The number of piperidine rings is 1. The lowest BCUT2D eigenvalue weighted by Gasteiger charge is -2.35. The van der Waals surface area contributed by atoms with Crippen molar-refractivity contribution in [1.29, 1.82) is 0 Å². The zero-order chi connectivity index (χ0) is 16.1. The maximum Gasteiger partial charge on any atom is 0.273 e. The van der Waals surface area contributed by atoms with Gasteiger partial charge in [-0.05, 0) is 61.9 Å². The third-order valence-electron chi connectivity index (χ3n) is 5.64. The van der Waals surface area contributed by atoms with Gasteiger partial charge in [-0.1, -0.05) is 17.4 Å². The average molecular weight is 339 g/mol. The first-order valence-corrected chi connectivity index (χ1v) is 9.50. The van der Waals surface area contributed by atoms with Crippen molar-refractivity contribution in [3.05, 3.63) is 36.7 Å². The summed E-state index contributed by atoms with van der Waals surface area (Å²) in [6.45, 7) is 0. The Kier molecular flexibility index (Phi) is 3.38. The second-order valence-corrected chi connectivity index (χ2v) is 8.03. The highest BCUT2D eigenvalue weighted by Crippen LogP contribution is 2.38. The van der Waals surface area contributed by atoms with E-state index < -0.39 is 0 Å². The summed E-state index contributed by atoms with van der Waals surface area (Å²) in [7, 11) is 2.26. The molecule has 1 aromatic carbocycles. The van der Waals surface area contributed by atoms with Crippen molar-refractivity contribution in [3.63, 3.8) is 0 Å². The lowest BCUT2D eigenvalue weighted by atomic mass is 10.0. The molecule has 5 rings (SSSR count). The molecule has 0 saturated carbocycles. The molecule has 2 fully saturated rings. The molecule has 0 spiro atoms. The largest absolute Gasteiger partial charge is 0.467 e. The van der Waals surface area contributed by atoms with Crippen LogP contribution < -0.4 is 4.74 Å². The molecule has 24 heavy (non-hydrogen) atoms. The molecule has 3 aromatic rings. The number of rotatable bonds is 3. The normalized spacial score (nSPS) is 27.0. The van der Waals surface area contributed by atoms with Gasteiger partial charge in [-0.25, -0.2) is 4.98 Å². The van der Waals surface area contributed by atoms with Crippen LogP contribution in [0.5, 0.6) is 5.19 Å². The Bertz CT molecular complexity index is 856. The molecule has 2 saturated heterocycles. The van der Waals surface area contributed by atoms with Crippen LogP contribution in [-0.2, 0) is 0 Å². The van der Waals surface area contributed by atoms with Gasteiger partial charge < -0.3 is 14.6 Å². The van der Waals surface area contributed by atoms with Gasteiger partial charge >= 0.3 is 0 Å². The molecule has 4 heterocycles. The number of hydrogen-bond acceptors (Lipinski definition) is 4. The van der Waals surface area contributed by atoms with Gasteiger partial charge in [0.15, 0.2) is 0 Å². The second kappa shape index (κ2) is 5.60. The number of thiazole rings is 1. The number of ether oxygens (including phenoxy) is 1. The zero-order valence-electron chi connectivity index (χ0n) is 13.7. The summed E-state index contributed by atoms with van der Waals surface area (Å²) >= 11 is 1.66. The van der Waals surface area contributed by atoms with E-state index in [-0.39, 0.29) is 0 Å². The summed E-state index contributed by atoms with van der Waals surface area (Å²) in [5.74, 6) is 0. The Labute approximate surface area is 145 Å². The monoisotopic (exact) mass is 339 g/mol. The lowest BCUT2D eigenvalue weighted by Crippen LogP contribution is -2.43. The SMILES string of the molecule is CN1C2CCC1CC(Oc1ncc(-c3ccc4[nH]ccc4c3)s1)C2. The molecular weight excluding hydrogens is 318 g/mol. The number of aromatic amines is 1. The smallest absolute Gasteiger partial charge is 0.273 e. The minimum absolute atomic E-state index is 0.324. The first kappa shape index (κ1) is 14.5. The number of aromatic nitrogens is 2. The maximum absolute atomic E-state index is 6.23. The number of nitrogens with zero attached hydrogens (tertiary/aromatic N) is 2. The topological polar surface area (TPSA) is 41.1 Å². The van der Waals surface area contributed by atoms with Gasteiger partial charge in [0.25, 0.3) is 5.19 Å². The quantitative estimate of drug-likeness (QED) is 0.774. The Morgan fingerprint density at radius 2 is 2.04 bits per heavy atom. The number of nitrogens with one attached hydrogen (secondary N) is 1. The molecule has 124 valence electrons. The first-order valence-electron chi connectivity index (χ1n) is 8.68. The number of fused-ring (bicyclic) bond motifs is 3. The Morgan fingerprint density at radius 1 is 1.21 bits per heavy atom. The molecule has 2 atom stereocenters. The van der Waals surface area contributed by atoms with Crippen LogP contribution in [0, 0.1) is 0 Å². The molecule has 0 aliphatic carbocycles. The second-order valence-electron chi connectivity index (χ2n) is 7.03. The first-order chi connectivity index (χ1) is 11.8. The van der Waals surface area contributed by atoms with Crippen LogP contribution in [0.25, 0.3) is 21.3 Å². The van der Waals surface area contributed by atoms with Gasteiger partial charge in [-0.15, -0.1) is 0 Å². The Morgan fingerprint density at radius 3 is 2.88 bits per heavy atom. The molecule has 5 heteroatoms. The van der Waals surface area contributed by atoms with E-state index in [0.717, 1.165) is 18.0 Å². The minimum Gasteiger partial charge on any atom is -0.467 e. The van der Waals surface area contributed by atoms with Gasteiger partial charge in [-0.2, -0.15) is 0 Å². The Hall–Kier alpha value is -1.85. The fourth-order valence-electron chi connectivity index (χ4n) is 4.25. The summed E-state index contributed by atoms with van der Waals surface area (Å²) < 4.78 is 6.23. The number of H-pyrrole nitrogens is 1. The average Bonchev–Trinajstić information content (AvgIpc) is 3.27. The van der Waals surface area contributed by atoms with E-state index >= 15 is 0 Å². The van der Waals surface area contributed by atoms with Crippen molar-refractivity contribution in [3.8, 4) is 15.6 Å². The van der Waals surface area contributed by atoms with Gasteiger partial charge in [0.2, 0.25) is 0 Å². The van der Waals surface area contributed by atoms with Crippen LogP contribution in [0.15, 0.2) is 36.7 Å². The van der Waals surface area contributed by atoms with E-state index in [1.807, 2.05) is 12.4 Å². The van der Waals surface area contributed by atoms with Crippen molar-refractivity contribution in [2.45, 2.75) is 43.9 Å². The van der Waals surface area contributed by atoms with Crippen molar-refractivity contribution in [1.82, 2.24) is 14.9 Å². The van der Waals surface area contributed by atoms with Crippen LogP contribution in [0.4, 0.5) is 0 Å². The van der Waals surface area contributed by atoms with Crippen molar-refractivity contribution in [2.24, 2.45) is 0 Å². The van der Waals surface area contributed by atoms with Crippen LogP contribution in [-0.4, -0.2) is 40.1 Å². The van der Waals surface area contributed by atoms with E-state index in [4.69, 9.17) is 4.74 Å². The highest BCUT2D eigenvalue weighted by Gasteiger charge is 2.39. The molecule has 2 bridgehead atoms. The standard InChI is InChI=1S/C19H21N3OS/c1-22-14-3-4-15(22)10-16(9-14)23-19-21-11-18(24-19)13-2-5-17-12(8-13)6-7-20-17/h2,5-8,11,14-16,20H,3-4,9-10H2,1H3. The molecule has 2 aliphatic rings. The lowest BCUT2D eigenvalue weighted by molar-refractivity contribution is 0.0660. The highest BCUT2D eigenvalue weighted by atomic mass is 32.1. The van der Waals surface area contributed by atoms with Crippen molar-refractivity contribution < 1.29 is 4.74 Å². The van der Waals surface area contributed by atoms with Crippen LogP contribution in [0.1, 0.15) is 25.7 Å². The number of hydrogen-bond donors (Lipinski definition) is 1. The summed E-state index contributed by atoms with van der Waals surface area (Å²) in [6, 6.07) is 9.98. The Balaban J connectivity index is 1.34. The van der Waals surface area contributed by atoms with Crippen LogP contribution >= 0.6 is 11.3 Å². The molecule has 2 aliphatic heterocycles. The maximum atomic E-state index is 6.23. The van der Waals surface area contributed by atoms with Crippen molar-refractivity contribution >= 4 is 22.2 Å². The van der Waals surface area contributed by atoms with E-state index in [1.165, 1.54) is 34.2 Å². The van der Waals surface area contributed by atoms with Gasteiger partial charge in [0.05, 0.1) is 4.88 Å². The summed E-state index contributed by atoms with van der Waals surface area (Å²) in [4.78, 5) is 11.5. The van der Waals surface area contributed by atoms with Gasteiger partial charge in [0.1, 0.15) is 6.10 Å². The molecule has 0 radical (unpaired) electrons. The minimum atomic E-state index is 0.324. The van der Waals surface area contributed by atoms with E-state index in [9.17, 15) is 0 Å². The third kappa shape index (κ3) is 2.43.